The van der Waals surface area contributed by atoms with E-state index in [9.17, 15) is 9.59 Å². The fraction of sp³-hybridized carbons (Fsp3) is 0.579. The van der Waals surface area contributed by atoms with Gasteiger partial charge in [0.2, 0.25) is 17.3 Å². The number of hydrogen-bond acceptors (Lipinski definition) is 6. The lowest BCUT2D eigenvalue weighted by atomic mass is 9.80. The summed E-state index contributed by atoms with van der Waals surface area (Å²) in [5, 5.41) is 4.54. The first-order valence-electron chi connectivity index (χ1n) is 9.35. The van der Waals surface area contributed by atoms with Crippen molar-refractivity contribution in [3.63, 3.8) is 0 Å². The summed E-state index contributed by atoms with van der Waals surface area (Å²) in [5.41, 5.74) is 0.348. The lowest BCUT2D eigenvalue weighted by Gasteiger charge is -2.32. The summed E-state index contributed by atoms with van der Waals surface area (Å²) in [6.45, 7) is 5.39. The van der Waals surface area contributed by atoms with E-state index in [4.69, 9.17) is 4.52 Å². The van der Waals surface area contributed by atoms with E-state index in [1.807, 2.05) is 30.8 Å². The van der Waals surface area contributed by atoms with E-state index in [0.29, 0.717) is 43.6 Å². The SMILES string of the molecule is CCC(=O)N1CC2CN(C(=O)c3onc4ncccc34)CC2(CN(C)C)C1. The van der Waals surface area contributed by atoms with Gasteiger partial charge in [-0.2, -0.15) is 0 Å². The maximum atomic E-state index is 13.1. The molecule has 0 N–H and O–H groups in total. The largest absolute Gasteiger partial charge is 0.348 e. The number of aromatic nitrogens is 2. The van der Waals surface area contributed by atoms with Crippen molar-refractivity contribution >= 4 is 22.8 Å². The molecule has 27 heavy (non-hydrogen) atoms. The molecule has 0 spiro atoms. The number of nitrogens with zero attached hydrogens (tertiary/aromatic N) is 5. The number of hydrogen-bond donors (Lipinski definition) is 0. The molecule has 2 aliphatic heterocycles. The highest BCUT2D eigenvalue weighted by Gasteiger charge is 2.54. The monoisotopic (exact) mass is 371 g/mol. The van der Waals surface area contributed by atoms with Crippen LogP contribution in [0.25, 0.3) is 11.0 Å². The van der Waals surface area contributed by atoms with Crippen LogP contribution in [-0.2, 0) is 4.79 Å². The summed E-state index contributed by atoms with van der Waals surface area (Å²) in [7, 11) is 4.08. The fourth-order valence-electron chi connectivity index (χ4n) is 4.68. The number of fused-ring (bicyclic) bond motifs is 2. The smallest absolute Gasteiger partial charge is 0.293 e. The molecule has 4 rings (SSSR count). The van der Waals surface area contributed by atoms with Gasteiger partial charge in [-0.25, -0.2) is 4.98 Å². The summed E-state index contributed by atoms with van der Waals surface area (Å²) in [4.78, 5) is 35.4. The molecule has 144 valence electrons. The zero-order valence-corrected chi connectivity index (χ0v) is 16.0. The van der Waals surface area contributed by atoms with Crippen LogP contribution >= 0.6 is 0 Å². The minimum atomic E-state index is -0.147. The molecule has 4 heterocycles. The normalized spacial score (nSPS) is 24.8. The summed E-state index contributed by atoms with van der Waals surface area (Å²) in [6, 6.07) is 3.58. The van der Waals surface area contributed by atoms with Gasteiger partial charge < -0.3 is 19.2 Å². The van der Waals surface area contributed by atoms with Gasteiger partial charge in [-0.15, -0.1) is 0 Å². The van der Waals surface area contributed by atoms with Crippen molar-refractivity contribution in [3.8, 4) is 0 Å². The van der Waals surface area contributed by atoms with E-state index >= 15 is 0 Å². The van der Waals surface area contributed by atoms with Crippen molar-refractivity contribution in [2.24, 2.45) is 11.3 Å². The zero-order chi connectivity index (χ0) is 19.2. The molecule has 0 aliphatic carbocycles. The Balaban J connectivity index is 1.59. The van der Waals surface area contributed by atoms with E-state index in [2.05, 4.69) is 15.0 Å². The minimum absolute atomic E-state index is 0.0991. The molecule has 2 atom stereocenters. The van der Waals surface area contributed by atoms with E-state index < -0.39 is 0 Å². The van der Waals surface area contributed by atoms with E-state index in [1.54, 1.807) is 18.3 Å². The van der Waals surface area contributed by atoms with Crippen molar-refractivity contribution in [1.82, 2.24) is 24.8 Å². The van der Waals surface area contributed by atoms with E-state index in [1.165, 1.54) is 0 Å². The first kappa shape index (κ1) is 17.9. The van der Waals surface area contributed by atoms with Gasteiger partial charge >= 0.3 is 0 Å². The molecule has 2 amide bonds. The first-order chi connectivity index (χ1) is 12.9. The van der Waals surface area contributed by atoms with Gasteiger partial charge in [0.05, 0.1) is 5.39 Å². The van der Waals surface area contributed by atoms with E-state index in [-0.39, 0.29) is 28.9 Å². The van der Waals surface area contributed by atoms with Crippen LogP contribution in [-0.4, -0.2) is 83.5 Å². The van der Waals surface area contributed by atoms with Crippen LogP contribution in [0.5, 0.6) is 0 Å². The topological polar surface area (TPSA) is 82.8 Å². The Morgan fingerprint density at radius 1 is 1.30 bits per heavy atom. The molecule has 2 aliphatic rings. The molecule has 0 saturated carbocycles. The standard InChI is InChI=1S/C19H25N5O3/c1-4-15(25)23-8-13-9-24(12-19(13,11-23)10-22(2)3)18(26)16-14-6-5-7-20-17(14)21-27-16/h5-7,13H,4,8-12H2,1-3H3. The Labute approximate surface area is 158 Å². The number of carbonyl (C=O) groups excluding carboxylic acids is 2. The summed E-state index contributed by atoms with van der Waals surface area (Å²) < 4.78 is 5.32. The van der Waals surface area contributed by atoms with Gasteiger partial charge in [0, 0.05) is 56.7 Å². The fourth-order valence-corrected chi connectivity index (χ4v) is 4.68. The average Bonchev–Trinajstić information content (AvgIpc) is 3.29. The Morgan fingerprint density at radius 3 is 2.78 bits per heavy atom. The number of rotatable bonds is 4. The molecule has 2 aromatic heterocycles. The average molecular weight is 371 g/mol. The van der Waals surface area contributed by atoms with Crippen molar-refractivity contribution in [2.45, 2.75) is 13.3 Å². The molecular weight excluding hydrogens is 346 g/mol. The predicted octanol–water partition coefficient (Wildman–Crippen LogP) is 1.09. The van der Waals surface area contributed by atoms with Gasteiger partial charge in [0.25, 0.3) is 5.91 Å². The third kappa shape index (κ3) is 2.97. The summed E-state index contributed by atoms with van der Waals surface area (Å²) in [6.07, 6.45) is 2.15. The van der Waals surface area contributed by atoms with Crippen molar-refractivity contribution in [2.75, 3.05) is 46.8 Å². The minimum Gasteiger partial charge on any atom is -0.348 e. The van der Waals surface area contributed by atoms with E-state index in [0.717, 1.165) is 6.54 Å². The molecule has 2 unspecified atom stereocenters. The summed E-state index contributed by atoms with van der Waals surface area (Å²) in [5.74, 6) is 0.560. The highest BCUT2D eigenvalue weighted by atomic mass is 16.5. The molecule has 0 bridgehead atoms. The molecule has 2 aromatic rings. The molecule has 8 nitrogen and oxygen atoms in total. The summed E-state index contributed by atoms with van der Waals surface area (Å²) >= 11 is 0. The lowest BCUT2D eigenvalue weighted by Crippen LogP contribution is -2.43. The maximum absolute atomic E-state index is 13.1. The van der Waals surface area contributed by atoms with Crippen LogP contribution in [0.2, 0.25) is 0 Å². The lowest BCUT2D eigenvalue weighted by molar-refractivity contribution is -0.130. The molecule has 2 saturated heterocycles. The Hall–Kier alpha value is -2.48. The van der Waals surface area contributed by atoms with Crippen LogP contribution < -0.4 is 0 Å². The molecular formula is C19H25N5O3. The number of amides is 2. The van der Waals surface area contributed by atoms with Crippen molar-refractivity contribution in [3.05, 3.63) is 24.1 Å². The van der Waals surface area contributed by atoms with Crippen molar-refractivity contribution in [1.29, 1.82) is 0 Å². The maximum Gasteiger partial charge on any atom is 0.293 e. The number of likely N-dealkylation sites (tertiary alicyclic amines) is 2. The Morgan fingerprint density at radius 2 is 2.04 bits per heavy atom. The Bertz CT molecular complexity index is 879. The van der Waals surface area contributed by atoms with Crippen LogP contribution in [0.1, 0.15) is 23.9 Å². The van der Waals surface area contributed by atoms with Gasteiger partial charge in [0.1, 0.15) is 0 Å². The first-order valence-corrected chi connectivity index (χ1v) is 9.35. The number of pyridine rings is 1. The molecule has 2 fully saturated rings. The number of carbonyl (C=O) groups is 2. The molecule has 8 heteroatoms. The van der Waals surface area contributed by atoms with Crippen molar-refractivity contribution < 1.29 is 14.1 Å². The molecule has 0 aromatic carbocycles. The predicted molar refractivity (Wildman–Crippen MR) is 99.1 cm³/mol. The zero-order valence-electron chi connectivity index (χ0n) is 16.0. The van der Waals surface area contributed by atoms with Crippen LogP contribution in [0.15, 0.2) is 22.9 Å². The second-order valence-electron chi connectivity index (χ2n) is 8.00. The van der Waals surface area contributed by atoms with Crippen LogP contribution in [0, 0.1) is 11.3 Å². The van der Waals surface area contributed by atoms with Gasteiger partial charge in [0.15, 0.2) is 0 Å². The quantitative estimate of drug-likeness (QED) is 0.800. The van der Waals surface area contributed by atoms with Crippen LogP contribution in [0.4, 0.5) is 0 Å². The Kier molecular flexibility index (Phi) is 4.38. The third-order valence-electron chi connectivity index (χ3n) is 5.78. The second-order valence-corrected chi connectivity index (χ2v) is 8.00. The highest BCUT2D eigenvalue weighted by Crippen LogP contribution is 2.43. The van der Waals surface area contributed by atoms with Gasteiger partial charge in [-0.3, -0.25) is 9.59 Å². The highest BCUT2D eigenvalue weighted by molar-refractivity contribution is 6.02. The van der Waals surface area contributed by atoms with Gasteiger partial charge in [-0.05, 0) is 26.2 Å². The van der Waals surface area contributed by atoms with Crippen LogP contribution in [0.3, 0.4) is 0 Å². The second kappa shape index (κ2) is 6.60. The van der Waals surface area contributed by atoms with Gasteiger partial charge in [-0.1, -0.05) is 12.1 Å². The third-order valence-corrected chi connectivity index (χ3v) is 5.78. The molecule has 0 radical (unpaired) electrons.